The maximum absolute atomic E-state index is 5.86. The van der Waals surface area contributed by atoms with Crippen molar-refractivity contribution >= 4 is 17.3 Å². The summed E-state index contributed by atoms with van der Waals surface area (Å²) in [5.74, 6) is 0.464. The summed E-state index contributed by atoms with van der Waals surface area (Å²) in [4.78, 5) is 8.96. The van der Waals surface area contributed by atoms with Crippen LogP contribution in [0.15, 0.2) is 40.7 Å². The van der Waals surface area contributed by atoms with E-state index in [1.807, 2.05) is 6.07 Å². The maximum Gasteiger partial charge on any atom is 0.189 e. The number of aryl methyl sites for hydroxylation is 2. The second-order valence-corrected chi connectivity index (χ2v) is 7.24. The van der Waals surface area contributed by atoms with Crippen LogP contribution in [0.5, 0.6) is 0 Å². The Morgan fingerprint density at radius 2 is 1.95 bits per heavy atom. The third-order valence-corrected chi connectivity index (χ3v) is 3.94. The number of aliphatic imine (C=N–C) groups is 1. The first kappa shape index (κ1) is 16.5. The molecular weight excluding hydrogens is 292 g/mol. The van der Waals surface area contributed by atoms with E-state index < -0.39 is 0 Å². The normalized spacial score (nSPS) is 12.4. The third kappa shape index (κ3) is 5.85. The van der Waals surface area contributed by atoms with Gasteiger partial charge < -0.3 is 11.1 Å². The van der Waals surface area contributed by atoms with E-state index in [2.05, 4.69) is 65.7 Å². The molecule has 5 heteroatoms. The average molecular weight is 316 g/mol. The van der Waals surface area contributed by atoms with Crippen LogP contribution in [-0.2, 0) is 19.4 Å². The van der Waals surface area contributed by atoms with Crippen molar-refractivity contribution in [2.75, 3.05) is 0 Å². The molecule has 0 saturated heterocycles. The second-order valence-electron chi connectivity index (χ2n) is 6.29. The van der Waals surface area contributed by atoms with Crippen LogP contribution < -0.4 is 11.1 Å². The number of rotatable bonds is 5. The summed E-state index contributed by atoms with van der Waals surface area (Å²) in [6.07, 6.45) is 1.99. The minimum Gasteiger partial charge on any atom is -0.370 e. The van der Waals surface area contributed by atoms with Gasteiger partial charge in [-0.1, -0.05) is 30.3 Å². The molecule has 2 rings (SSSR count). The third-order valence-electron chi connectivity index (χ3n) is 2.98. The van der Waals surface area contributed by atoms with Gasteiger partial charge >= 0.3 is 0 Å². The lowest BCUT2D eigenvalue weighted by Crippen LogP contribution is -2.44. The van der Waals surface area contributed by atoms with Crippen LogP contribution in [0.3, 0.4) is 0 Å². The van der Waals surface area contributed by atoms with Crippen LogP contribution in [-0.4, -0.2) is 16.5 Å². The van der Waals surface area contributed by atoms with Crippen molar-refractivity contribution in [3.63, 3.8) is 0 Å². The molecule has 118 valence electrons. The molecule has 0 aliphatic rings. The highest BCUT2D eigenvalue weighted by atomic mass is 32.1. The summed E-state index contributed by atoms with van der Waals surface area (Å²) in [5.41, 5.74) is 8.11. The number of nitrogens with one attached hydrogen (secondary N) is 1. The number of benzene rings is 1. The zero-order valence-corrected chi connectivity index (χ0v) is 14.3. The Bertz CT molecular complexity index is 611. The van der Waals surface area contributed by atoms with Gasteiger partial charge in [0.05, 0.1) is 17.2 Å². The predicted molar refractivity (Wildman–Crippen MR) is 94.2 cm³/mol. The van der Waals surface area contributed by atoms with E-state index in [1.165, 1.54) is 5.56 Å². The topological polar surface area (TPSA) is 63.3 Å². The number of hydrogen-bond acceptors (Lipinski definition) is 3. The molecule has 3 N–H and O–H groups in total. The summed E-state index contributed by atoms with van der Waals surface area (Å²) >= 11 is 1.69. The van der Waals surface area contributed by atoms with E-state index in [9.17, 15) is 0 Å². The van der Waals surface area contributed by atoms with E-state index in [0.29, 0.717) is 12.5 Å². The highest BCUT2D eigenvalue weighted by Crippen LogP contribution is 2.14. The number of thiazole rings is 1. The van der Waals surface area contributed by atoms with Gasteiger partial charge in [-0.05, 0) is 32.8 Å². The van der Waals surface area contributed by atoms with Crippen LogP contribution in [0.1, 0.15) is 37.0 Å². The van der Waals surface area contributed by atoms with Gasteiger partial charge in [0.25, 0.3) is 0 Å². The van der Waals surface area contributed by atoms with Gasteiger partial charge in [-0.3, -0.25) is 0 Å². The SMILES string of the molecule is CC(C)(C)NC(N)=NCc1csc(CCc2ccccc2)n1. The number of nitrogens with zero attached hydrogens (tertiary/aromatic N) is 2. The Labute approximate surface area is 136 Å². The number of guanidine groups is 1. The molecule has 1 aromatic heterocycles. The molecule has 0 unspecified atom stereocenters. The fourth-order valence-corrected chi connectivity index (χ4v) is 2.81. The summed E-state index contributed by atoms with van der Waals surface area (Å²) in [5, 5.41) is 6.36. The van der Waals surface area contributed by atoms with E-state index in [4.69, 9.17) is 5.73 Å². The van der Waals surface area contributed by atoms with Crippen LogP contribution in [0.2, 0.25) is 0 Å². The average Bonchev–Trinajstić information content (AvgIpc) is 2.90. The number of nitrogens with two attached hydrogens (primary N) is 1. The van der Waals surface area contributed by atoms with E-state index in [1.54, 1.807) is 11.3 Å². The molecule has 0 bridgehead atoms. The monoisotopic (exact) mass is 316 g/mol. The predicted octanol–water partition coefficient (Wildman–Crippen LogP) is 3.13. The molecule has 0 spiro atoms. The summed E-state index contributed by atoms with van der Waals surface area (Å²) in [6, 6.07) is 10.5. The molecule has 0 radical (unpaired) electrons. The number of aromatic nitrogens is 1. The van der Waals surface area contributed by atoms with Gasteiger partial charge in [0.1, 0.15) is 0 Å². The van der Waals surface area contributed by atoms with E-state index in [-0.39, 0.29) is 5.54 Å². The minimum absolute atomic E-state index is 0.0729. The van der Waals surface area contributed by atoms with Crippen LogP contribution in [0.4, 0.5) is 0 Å². The van der Waals surface area contributed by atoms with E-state index >= 15 is 0 Å². The second kappa shape index (κ2) is 7.40. The van der Waals surface area contributed by atoms with Crippen molar-refractivity contribution in [2.24, 2.45) is 10.7 Å². The standard InChI is InChI=1S/C17H24N4S/c1-17(2,3)21-16(18)19-11-14-12-22-15(20-14)10-9-13-7-5-4-6-8-13/h4-8,12H,9-11H2,1-3H3,(H3,18,19,21). The lowest BCUT2D eigenvalue weighted by molar-refractivity contribution is 0.508. The smallest absolute Gasteiger partial charge is 0.189 e. The Balaban J connectivity index is 1.85. The minimum atomic E-state index is -0.0729. The highest BCUT2D eigenvalue weighted by molar-refractivity contribution is 7.09. The van der Waals surface area contributed by atoms with Gasteiger partial charge in [-0.2, -0.15) is 0 Å². The molecule has 1 aromatic carbocycles. The van der Waals surface area contributed by atoms with Crippen molar-refractivity contribution in [1.82, 2.24) is 10.3 Å². The van der Waals surface area contributed by atoms with Crippen molar-refractivity contribution in [3.05, 3.63) is 52.0 Å². The molecule has 0 amide bonds. The molecular formula is C17H24N4S. The number of hydrogen-bond donors (Lipinski definition) is 2. The van der Waals surface area contributed by atoms with E-state index in [0.717, 1.165) is 23.5 Å². The fraction of sp³-hybridized carbons (Fsp3) is 0.412. The van der Waals surface area contributed by atoms with Crippen molar-refractivity contribution in [3.8, 4) is 0 Å². The fourth-order valence-electron chi connectivity index (χ4n) is 2.02. The Morgan fingerprint density at radius 1 is 1.23 bits per heavy atom. The lowest BCUT2D eigenvalue weighted by Gasteiger charge is -2.20. The first-order valence-electron chi connectivity index (χ1n) is 7.48. The maximum atomic E-state index is 5.86. The molecule has 1 heterocycles. The molecule has 0 aliphatic carbocycles. The quantitative estimate of drug-likeness (QED) is 0.658. The lowest BCUT2D eigenvalue weighted by atomic mass is 10.1. The van der Waals surface area contributed by atoms with Gasteiger partial charge in [-0.25, -0.2) is 9.98 Å². The Kier molecular flexibility index (Phi) is 5.55. The molecule has 0 aliphatic heterocycles. The van der Waals surface area contributed by atoms with Gasteiger partial charge in [0.2, 0.25) is 0 Å². The molecule has 2 aromatic rings. The Morgan fingerprint density at radius 3 is 2.64 bits per heavy atom. The van der Waals surface area contributed by atoms with Gasteiger partial charge in [0.15, 0.2) is 5.96 Å². The zero-order valence-electron chi connectivity index (χ0n) is 13.5. The summed E-state index contributed by atoms with van der Waals surface area (Å²) < 4.78 is 0. The summed E-state index contributed by atoms with van der Waals surface area (Å²) in [7, 11) is 0. The molecule has 22 heavy (non-hydrogen) atoms. The molecule has 0 atom stereocenters. The highest BCUT2D eigenvalue weighted by Gasteiger charge is 2.10. The van der Waals surface area contributed by atoms with Crippen LogP contribution in [0.25, 0.3) is 0 Å². The molecule has 4 nitrogen and oxygen atoms in total. The van der Waals surface area contributed by atoms with Crippen LogP contribution >= 0.6 is 11.3 Å². The van der Waals surface area contributed by atoms with Crippen molar-refractivity contribution in [2.45, 2.75) is 45.7 Å². The summed E-state index contributed by atoms with van der Waals surface area (Å²) in [6.45, 7) is 6.69. The first-order valence-corrected chi connectivity index (χ1v) is 8.36. The Hall–Kier alpha value is -1.88. The largest absolute Gasteiger partial charge is 0.370 e. The first-order chi connectivity index (χ1) is 10.4. The van der Waals surface area contributed by atoms with Crippen molar-refractivity contribution < 1.29 is 0 Å². The van der Waals surface area contributed by atoms with Crippen molar-refractivity contribution in [1.29, 1.82) is 0 Å². The van der Waals surface area contributed by atoms with Gasteiger partial charge in [0, 0.05) is 17.3 Å². The molecule has 0 fully saturated rings. The molecule has 0 saturated carbocycles. The zero-order chi connectivity index (χ0) is 16.0. The van der Waals surface area contributed by atoms with Gasteiger partial charge in [-0.15, -0.1) is 11.3 Å². The van der Waals surface area contributed by atoms with Crippen LogP contribution in [0, 0.1) is 0 Å².